The van der Waals surface area contributed by atoms with Crippen molar-refractivity contribution < 1.29 is 17.9 Å². The third-order valence-electron chi connectivity index (χ3n) is 2.20. The second-order valence-electron chi connectivity index (χ2n) is 3.62. The van der Waals surface area contributed by atoms with Gasteiger partial charge in [-0.1, -0.05) is 17.7 Å². The summed E-state index contributed by atoms with van der Waals surface area (Å²) in [6.07, 6.45) is -6.20. The highest BCUT2D eigenvalue weighted by Crippen LogP contribution is 2.27. The fourth-order valence-electron chi connectivity index (χ4n) is 1.24. The number of alkyl halides is 3. The number of rotatable bonds is 3. The van der Waals surface area contributed by atoms with Crippen LogP contribution in [0.3, 0.4) is 0 Å². The van der Waals surface area contributed by atoms with Crippen molar-refractivity contribution in [3.05, 3.63) is 29.3 Å². The third-order valence-corrected chi connectivity index (χ3v) is 2.20. The van der Waals surface area contributed by atoms with Crippen LogP contribution in [0.1, 0.15) is 18.1 Å². The van der Waals surface area contributed by atoms with E-state index in [1.807, 2.05) is 6.92 Å². The first-order valence-electron chi connectivity index (χ1n) is 4.87. The molecule has 0 saturated carbocycles. The molecule has 0 bridgehead atoms. The Morgan fingerprint density at radius 1 is 1.38 bits per heavy atom. The molecule has 0 saturated heterocycles. The fourth-order valence-corrected chi connectivity index (χ4v) is 1.24. The minimum Gasteiger partial charge on any atom is -0.481 e. The van der Waals surface area contributed by atoms with E-state index in [1.54, 1.807) is 12.1 Å². The average Bonchev–Trinajstić information content (AvgIpc) is 2.19. The zero-order chi connectivity index (χ0) is 12.3. The largest absolute Gasteiger partial charge is 0.481 e. The minimum absolute atomic E-state index is 0.154. The first-order valence-corrected chi connectivity index (χ1v) is 4.87. The molecule has 16 heavy (non-hydrogen) atoms. The normalized spacial score (nSPS) is 13.6. The molecule has 5 heteroatoms. The predicted molar refractivity (Wildman–Crippen MR) is 55.2 cm³/mol. The smallest absolute Gasteiger partial charge is 0.425 e. The second kappa shape index (κ2) is 4.74. The summed E-state index contributed by atoms with van der Waals surface area (Å²) >= 11 is 0. The molecule has 1 unspecified atom stereocenters. The highest BCUT2D eigenvalue weighted by atomic mass is 19.4. The van der Waals surface area contributed by atoms with E-state index in [2.05, 4.69) is 0 Å². The molecule has 2 N–H and O–H groups in total. The van der Waals surface area contributed by atoms with Crippen LogP contribution in [0, 0.1) is 6.92 Å². The standard InChI is InChI=1S/C11H14F3NO/c1-7-3-4-10(9(5-7)6-15)16-8(2)11(12,13)14/h3-5,8H,6,15H2,1-2H3. The van der Waals surface area contributed by atoms with Gasteiger partial charge in [0.05, 0.1) is 0 Å². The summed E-state index contributed by atoms with van der Waals surface area (Å²) in [7, 11) is 0. The number of ether oxygens (including phenoxy) is 1. The van der Waals surface area contributed by atoms with Gasteiger partial charge in [0, 0.05) is 12.1 Å². The molecule has 1 aromatic carbocycles. The van der Waals surface area contributed by atoms with Crippen molar-refractivity contribution in [2.24, 2.45) is 5.73 Å². The van der Waals surface area contributed by atoms with Gasteiger partial charge in [0.25, 0.3) is 0 Å². The minimum atomic E-state index is -4.36. The molecule has 0 aliphatic rings. The van der Waals surface area contributed by atoms with E-state index >= 15 is 0 Å². The van der Waals surface area contributed by atoms with E-state index in [0.29, 0.717) is 5.56 Å². The number of nitrogens with two attached hydrogens (primary N) is 1. The van der Waals surface area contributed by atoms with E-state index < -0.39 is 12.3 Å². The Bertz CT molecular complexity index is 363. The van der Waals surface area contributed by atoms with E-state index in [4.69, 9.17) is 10.5 Å². The van der Waals surface area contributed by atoms with Gasteiger partial charge in [-0.15, -0.1) is 0 Å². The van der Waals surface area contributed by atoms with Gasteiger partial charge in [-0.3, -0.25) is 0 Å². The zero-order valence-electron chi connectivity index (χ0n) is 9.14. The average molecular weight is 233 g/mol. The van der Waals surface area contributed by atoms with Crippen molar-refractivity contribution in [1.29, 1.82) is 0 Å². The van der Waals surface area contributed by atoms with Crippen LogP contribution in [0.15, 0.2) is 18.2 Å². The molecule has 0 spiro atoms. The Balaban J connectivity index is 2.89. The second-order valence-corrected chi connectivity index (χ2v) is 3.62. The van der Waals surface area contributed by atoms with Crippen LogP contribution < -0.4 is 10.5 Å². The van der Waals surface area contributed by atoms with Gasteiger partial charge in [-0.2, -0.15) is 13.2 Å². The zero-order valence-corrected chi connectivity index (χ0v) is 9.14. The monoisotopic (exact) mass is 233 g/mol. The summed E-state index contributed by atoms with van der Waals surface area (Å²) in [4.78, 5) is 0. The number of hydrogen-bond donors (Lipinski definition) is 1. The topological polar surface area (TPSA) is 35.2 Å². The summed E-state index contributed by atoms with van der Waals surface area (Å²) in [6.45, 7) is 2.97. The summed E-state index contributed by atoms with van der Waals surface area (Å²) in [5.74, 6) is 0.193. The molecule has 0 aliphatic heterocycles. The Labute approximate surface area is 92.2 Å². The Morgan fingerprint density at radius 2 is 2.00 bits per heavy atom. The van der Waals surface area contributed by atoms with Crippen molar-refractivity contribution in [2.45, 2.75) is 32.7 Å². The van der Waals surface area contributed by atoms with Gasteiger partial charge in [0.1, 0.15) is 5.75 Å². The van der Waals surface area contributed by atoms with Crippen molar-refractivity contribution >= 4 is 0 Å². The maximum atomic E-state index is 12.3. The lowest BCUT2D eigenvalue weighted by molar-refractivity contribution is -0.189. The molecule has 2 nitrogen and oxygen atoms in total. The van der Waals surface area contributed by atoms with Crippen LogP contribution in [-0.2, 0) is 6.54 Å². The van der Waals surface area contributed by atoms with Crippen LogP contribution in [0.5, 0.6) is 5.75 Å². The lowest BCUT2D eigenvalue weighted by atomic mass is 10.1. The maximum Gasteiger partial charge on any atom is 0.425 e. The first-order chi connectivity index (χ1) is 7.34. The van der Waals surface area contributed by atoms with E-state index in [1.165, 1.54) is 6.07 Å². The molecule has 0 aromatic heterocycles. The molecule has 0 fully saturated rings. The van der Waals surface area contributed by atoms with Gasteiger partial charge >= 0.3 is 6.18 Å². The van der Waals surface area contributed by atoms with Crippen LogP contribution in [0.4, 0.5) is 13.2 Å². The van der Waals surface area contributed by atoms with Gasteiger partial charge in [-0.05, 0) is 19.9 Å². The summed E-state index contributed by atoms with van der Waals surface area (Å²) < 4.78 is 41.7. The number of aryl methyl sites for hydroxylation is 1. The SMILES string of the molecule is Cc1ccc(OC(C)C(F)(F)F)c(CN)c1. The Morgan fingerprint density at radius 3 is 2.50 bits per heavy atom. The van der Waals surface area contributed by atoms with E-state index in [0.717, 1.165) is 12.5 Å². The number of hydrogen-bond acceptors (Lipinski definition) is 2. The maximum absolute atomic E-state index is 12.3. The number of halogens is 3. The molecule has 0 radical (unpaired) electrons. The molecular weight excluding hydrogens is 219 g/mol. The van der Waals surface area contributed by atoms with Gasteiger partial charge in [0.2, 0.25) is 0 Å². The lowest BCUT2D eigenvalue weighted by Crippen LogP contribution is -2.31. The highest BCUT2D eigenvalue weighted by Gasteiger charge is 2.38. The first kappa shape index (κ1) is 12.8. The molecule has 90 valence electrons. The molecular formula is C11H14F3NO. The number of benzene rings is 1. The van der Waals surface area contributed by atoms with Crippen LogP contribution in [-0.4, -0.2) is 12.3 Å². The summed E-state index contributed by atoms with van der Waals surface area (Å²) in [6, 6.07) is 4.93. The molecule has 0 amide bonds. The molecule has 1 atom stereocenters. The summed E-state index contributed by atoms with van der Waals surface area (Å²) in [5, 5.41) is 0. The van der Waals surface area contributed by atoms with E-state index in [-0.39, 0.29) is 12.3 Å². The quantitative estimate of drug-likeness (QED) is 0.871. The summed E-state index contributed by atoms with van der Waals surface area (Å²) in [5.41, 5.74) is 6.96. The fraction of sp³-hybridized carbons (Fsp3) is 0.455. The van der Waals surface area contributed by atoms with Gasteiger partial charge < -0.3 is 10.5 Å². The van der Waals surface area contributed by atoms with Crippen molar-refractivity contribution in [1.82, 2.24) is 0 Å². The predicted octanol–water partition coefficient (Wildman–Crippen LogP) is 2.78. The van der Waals surface area contributed by atoms with Crippen molar-refractivity contribution in [3.63, 3.8) is 0 Å². The van der Waals surface area contributed by atoms with Crippen LogP contribution in [0.2, 0.25) is 0 Å². The Kier molecular flexibility index (Phi) is 3.80. The molecule has 1 rings (SSSR count). The lowest BCUT2D eigenvalue weighted by Gasteiger charge is -2.19. The Hall–Kier alpha value is -1.23. The third kappa shape index (κ3) is 3.13. The molecule has 0 aliphatic carbocycles. The van der Waals surface area contributed by atoms with Gasteiger partial charge in [-0.25, -0.2) is 0 Å². The molecule has 0 heterocycles. The van der Waals surface area contributed by atoms with Crippen LogP contribution >= 0.6 is 0 Å². The van der Waals surface area contributed by atoms with Crippen molar-refractivity contribution in [3.8, 4) is 5.75 Å². The van der Waals surface area contributed by atoms with Gasteiger partial charge in [0.15, 0.2) is 6.10 Å². The highest BCUT2D eigenvalue weighted by molar-refractivity contribution is 5.36. The van der Waals surface area contributed by atoms with E-state index in [9.17, 15) is 13.2 Å². The van der Waals surface area contributed by atoms with Crippen molar-refractivity contribution in [2.75, 3.05) is 0 Å². The molecule has 1 aromatic rings. The van der Waals surface area contributed by atoms with Crippen LogP contribution in [0.25, 0.3) is 0 Å².